The molecule has 1 aliphatic heterocycles. The third-order valence-corrected chi connectivity index (χ3v) is 6.89. The Balaban J connectivity index is 1.37. The van der Waals surface area contributed by atoms with Crippen molar-refractivity contribution < 1.29 is 9.59 Å². The zero-order chi connectivity index (χ0) is 22.0. The zero-order valence-electron chi connectivity index (χ0n) is 17.6. The maximum Gasteiger partial charge on any atom is 0.240 e. The van der Waals surface area contributed by atoms with Gasteiger partial charge in [-0.2, -0.15) is 0 Å². The Kier molecular flexibility index (Phi) is 6.38. The van der Waals surface area contributed by atoms with Gasteiger partial charge in [0.25, 0.3) is 0 Å². The lowest BCUT2D eigenvalue weighted by Crippen LogP contribution is -2.28. The number of nitrogens with zero attached hydrogens (tertiary/aromatic N) is 2. The first kappa shape index (κ1) is 21.5. The quantitative estimate of drug-likeness (QED) is 0.560. The number of anilines is 1. The topological polar surface area (TPSA) is 83.4 Å². The number of carbonyl (C=O) groups is 2. The number of aliphatic imine (C=N–C) groups is 1. The average Bonchev–Trinajstić information content (AvgIpc) is 3.30. The van der Waals surface area contributed by atoms with E-state index in [0.29, 0.717) is 23.3 Å². The molecule has 1 aliphatic rings. The van der Waals surface area contributed by atoms with Gasteiger partial charge in [-0.15, -0.1) is 11.3 Å². The number of nitrogens with one attached hydrogen (secondary N) is 2. The Labute approximate surface area is 189 Å². The van der Waals surface area contributed by atoms with Gasteiger partial charge in [0.2, 0.25) is 11.8 Å². The van der Waals surface area contributed by atoms with Gasteiger partial charge in [-0.3, -0.25) is 14.6 Å². The fourth-order valence-electron chi connectivity index (χ4n) is 3.11. The van der Waals surface area contributed by atoms with Gasteiger partial charge < -0.3 is 10.6 Å². The highest BCUT2D eigenvalue weighted by atomic mass is 32.2. The molecule has 2 heterocycles. The van der Waals surface area contributed by atoms with Crippen molar-refractivity contribution in [3.63, 3.8) is 0 Å². The van der Waals surface area contributed by atoms with Gasteiger partial charge >= 0.3 is 0 Å². The summed E-state index contributed by atoms with van der Waals surface area (Å²) < 4.78 is 1.16. The summed E-state index contributed by atoms with van der Waals surface area (Å²) in [4.78, 5) is 33.6. The van der Waals surface area contributed by atoms with Crippen LogP contribution in [-0.4, -0.2) is 33.8 Å². The molecule has 1 atom stereocenters. The maximum atomic E-state index is 12.4. The second kappa shape index (κ2) is 9.20. The first-order chi connectivity index (χ1) is 14.9. The minimum Gasteiger partial charge on any atom is -0.326 e. The third kappa shape index (κ3) is 5.32. The van der Waals surface area contributed by atoms with Crippen LogP contribution in [0.15, 0.2) is 47.5 Å². The van der Waals surface area contributed by atoms with E-state index in [1.807, 2.05) is 30.3 Å². The summed E-state index contributed by atoms with van der Waals surface area (Å²) in [5, 5.41) is 6.74. The number of thioether (sulfide) groups is 1. The number of aryl methyl sites for hydroxylation is 1. The molecule has 2 N–H and O–H groups in total. The normalized spacial score (nSPS) is 17.5. The van der Waals surface area contributed by atoms with Crippen molar-refractivity contribution in [3.05, 3.63) is 48.0 Å². The van der Waals surface area contributed by atoms with Crippen LogP contribution in [0.25, 0.3) is 20.8 Å². The molecule has 0 radical (unpaired) electrons. The molecule has 1 unspecified atom stereocenters. The van der Waals surface area contributed by atoms with Crippen molar-refractivity contribution in [2.75, 3.05) is 11.9 Å². The lowest BCUT2D eigenvalue weighted by atomic mass is 10.2. The highest BCUT2D eigenvalue weighted by molar-refractivity contribution is 8.15. The highest BCUT2D eigenvalue weighted by Crippen LogP contribution is 2.31. The molecular weight excluding hydrogens is 428 g/mol. The van der Waals surface area contributed by atoms with Crippen molar-refractivity contribution in [1.29, 1.82) is 0 Å². The summed E-state index contributed by atoms with van der Waals surface area (Å²) >= 11 is 2.98. The number of thiazole rings is 1. The molecule has 0 spiro atoms. The molecule has 1 saturated heterocycles. The number of hydrogen-bond acceptors (Lipinski definition) is 6. The van der Waals surface area contributed by atoms with E-state index in [0.717, 1.165) is 20.8 Å². The van der Waals surface area contributed by atoms with E-state index in [1.165, 1.54) is 17.3 Å². The molecule has 0 bridgehead atoms. The summed E-state index contributed by atoms with van der Waals surface area (Å²) in [6.07, 6.45) is 0.107. The van der Waals surface area contributed by atoms with Gasteiger partial charge in [-0.1, -0.05) is 31.7 Å². The van der Waals surface area contributed by atoms with Crippen molar-refractivity contribution >= 4 is 56.0 Å². The summed E-state index contributed by atoms with van der Waals surface area (Å²) in [5.74, 6) is 0.0623. The largest absolute Gasteiger partial charge is 0.326 e. The number of amides is 2. The summed E-state index contributed by atoms with van der Waals surface area (Å²) in [5.41, 5.74) is 3.91. The van der Waals surface area contributed by atoms with Crippen LogP contribution in [-0.2, 0) is 9.59 Å². The van der Waals surface area contributed by atoms with E-state index in [1.54, 1.807) is 11.3 Å². The first-order valence-electron chi connectivity index (χ1n) is 10.2. The van der Waals surface area contributed by atoms with Gasteiger partial charge in [0, 0.05) is 24.2 Å². The number of rotatable bonds is 6. The van der Waals surface area contributed by atoms with Gasteiger partial charge in [0.1, 0.15) is 10.3 Å². The number of fused-ring (bicyclic) bond motifs is 1. The Morgan fingerprint density at radius 2 is 2.00 bits per heavy atom. The molecule has 3 aromatic rings. The molecule has 0 saturated carbocycles. The fourth-order valence-corrected chi connectivity index (χ4v) is 5.16. The Bertz CT molecular complexity index is 1150. The fraction of sp³-hybridized carbons (Fsp3) is 0.304. The third-order valence-electron chi connectivity index (χ3n) is 4.71. The van der Waals surface area contributed by atoms with Gasteiger partial charge in [-0.25, -0.2) is 4.98 Å². The number of carbonyl (C=O) groups excluding carboxylic acids is 2. The van der Waals surface area contributed by atoms with Crippen LogP contribution in [0.2, 0.25) is 0 Å². The molecule has 0 aliphatic carbocycles. The molecule has 8 heteroatoms. The van der Waals surface area contributed by atoms with E-state index >= 15 is 0 Å². The Morgan fingerprint density at radius 1 is 1.23 bits per heavy atom. The average molecular weight is 453 g/mol. The smallest absolute Gasteiger partial charge is 0.240 e. The van der Waals surface area contributed by atoms with Crippen LogP contribution in [0.3, 0.4) is 0 Å². The standard InChI is InChI=1S/C23H24N4O2S2/c1-13(2)12-24-23-27-21(29)19(31-23)11-20(28)25-16-7-5-15(6-8-16)22-26-17-9-4-14(3)10-18(17)30-22/h4-10,13,19H,11-12H2,1-3H3,(H,25,28)(H,24,27,29). The maximum absolute atomic E-state index is 12.4. The predicted molar refractivity (Wildman–Crippen MR) is 130 cm³/mol. The molecule has 31 heavy (non-hydrogen) atoms. The van der Waals surface area contributed by atoms with Crippen molar-refractivity contribution in [2.24, 2.45) is 10.9 Å². The zero-order valence-corrected chi connectivity index (χ0v) is 19.3. The highest BCUT2D eigenvalue weighted by Gasteiger charge is 2.32. The molecule has 160 valence electrons. The molecule has 1 aromatic heterocycles. The molecule has 2 amide bonds. The lowest BCUT2D eigenvalue weighted by Gasteiger charge is -2.08. The van der Waals surface area contributed by atoms with Crippen molar-refractivity contribution in [3.8, 4) is 10.6 Å². The SMILES string of the molecule is Cc1ccc2nc(-c3ccc(NC(=O)CC4SC(=NCC(C)C)NC4=O)cc3)sc2c1. The van der Waals surface area contributed by atoms with E-state index in [-0.39, 0.29) is 18.2 Å². The molecule has 4 rings (SSSR count). The number of hydrogen-bond donors (Lipinski definition) is 2. The van der Waals surface area contributed by atoms with E-state index in [9.17, 15) is 9.59 Å². The lowest BCUT2D eigenvalue weighted by molar-refractivity contribution is -0.122. The monoisotopic (exact) mass is 452 g/mol. The van der Waals surface area contributed by atoms with Crippen LogP contribution < -0.4 is 10.6 Å². The second-order valence-corrected chi connectivity index (χ2v) is 10.2. The number of benzene rings is 2. The summed E-state index contributed by atoms with van der Waals surface area (Å²) in [6.45, 7) is 6.87. The Hall–Kier alpha value is -2.71. The van der Waals surface area contributed by atoms with Crippen LogP contribution >= 0.6 is 23.1 Å². The van der Waals surface area contributed by atoms with Crippen LogP contribution in [0.5, 0.6) is 0 Å². The van der Waals surface area contributed by atoms with Crippen LogP contribution in [0, 0.1) is 12.8 Å². The molecular formula is C23H24N4O2S2. The van der Waals surface area contributed by atoms with Crippen molar-refractivity contribution in [1.82, 2.24) is 10.3 Å². The Morgan fingerprint density at radius 3 is 2.74 bits per heavy atom. The van der Waals surface area contributed by atoms with Crippen LogP contribution in [0.4, 0.5) is 5.69 Å². The molecule has 2 aromatic carbocycles. The minimum atomic E-state index is -0.448. The number of amidine groups is 1. The molecule has 6 nitrogen and oxygen atoms in total. The minimum absolute atomic E-state index is 0.107. The summed E-state index contributed by atoms with van der Waals surface area (Å²) in [7, 11) is 0. The van der Waals surface area contributed by atoms with Gasteiger partial charge in [0.15, 0.2) is 5.17 Å². The number of aromatic nitrogens is 1. The van der Waals surface area contributed by atoms with Crippen LogP contribution in [0.1, 0.15) is 25.8 Å². The van der Waals surface area contributed by atoms with Gasteiger partial charge in [0.05, 0.1) is 10.2 Å². The van der Waals surface area contributed by atoms with E-state index in [2.05, 4.69) is 48.5 Å². The first-order valence-corrected chi connectivity index (χ1v) is 11.9. The molecule has 1 fully saturated rings. The second-order valence-electron chi connectivity index (χ2n) is 7.96. The van der Waals surface area contributed by atoms with E-state index in [4.69, 9.17) is 4.98 Å². The van der Waals surface area contributed by atoms with Gasteiger partial charge in [-0.05, 0) is 54.8 Å². The predicted octanol–water partition coefficient (Wildman–Crippen LogP) is 4.84. The summed E-state index contributed by atoms with van der Waals surface area (Å²) in [6, 6.07) is 13.9. The van der Waals surface area contributed by atoms with Crippen molar-refractivity contribution in [2.45, 2.75) is 32.4 Å². The van der Waals surface area contributed by atoms with E-state index < -0.39 is 5.25 Å².